The summed E-state index contributed by atoms with van der Waals surface area (Å²) in [6.07, 6.45) is 2.22. The fraction of sp³-hybridized carbons (Fsp3) is 0.364. The lowest BCUT2D eigenvalue weighted by atomic mass is 10.0. The normalized spacial score (nSPS) is 11.4. The highest BCUT2D eigenvalue weighted by Crippen LogP contribution is 2.47. The van der Waals surface area contributed by atoms with Gasteiger partial charge in [-0.15, -0.1) is 0 Å². The third-order valence-electron chi connectivity index (χ3n) is 21.8. The number of hydrogen-bond donors (Lipinski definition) is 19. The average molecular weight is 2040 g/mol. The van der Waals surface area contributed by atoms with E-state index in [1.165, 1.54) is 54.6 Å². The number of phenolic OH excluding ortho intramolecular Hbond substituents is 16. The van der Waals surface area contributed by atoms with E-state index >= 15 is 0 Å². The number of rotatable bonds is 12. The molecule has 18 rings (SSSR count). The van der Waals surface area contributed by atoms with Gasteiger partial charge >= 0.3 is 0 Å². The predicted octanol–water partition coefficient (Wildman–Crippen LogP) is 25.7. The minimum Gasteiger partial charge on any atom is -0.508 e. The van der Waals surface area contributed by atoms with Crippen LogP contribution in [-0.4, -0.2) is 156 Å². The van der Waals surface area contributed by atoms with Crippen molar-refractivity contribution in [3.05, 3.63) is 166 Å². The van der Waals surface area contributed by atoms with Gasteiger partial charge in [0.15, 0.2) is 97.2 Å². The summed E-state index contributed by atoms with van der Waals surface area (Å²) in [5, 5.41) is 165. The van der Waals surface area contributed by atoms with E-state index in [4.69, 9.17) is 83.2 Å². The molecule has 0 fully saturated rings. The van der Waals surface area contributed by atoms with E-state index in [-0.39, 0.29) is 137 Å². The summed E-state index contributed by atoms with van der Waals surface area (Å²) in [6, 6.07) is 18.2. The Morgan fingerprint density at radius 3 is 1.20 bits per heavy atom. The van der Waals surface area contributed by atoms with Crippen LogP contribution in [0.5, 0.6) is 92.0 Å². The molecule has 9 heterocycles. The van der Waals surface area contributed by atoms with Crippen LogP contribution >= 0.6 is 69.6 Å². The molecule has 0 spiro atoms. The fourth-order valence-corrected chi connectivity index (χ4v) is 16.0. The summed E-state index contributed by atoms with van der Waals surface area (Å²) in [5.41, 5.74) is 13.5. The molecule has 139 heavy (non-hydrogen) atoms. The van der Waals surface area contributed by atoms with Crippen molar-refractivity contribution in [3.8, 4) is 92.0 Å². The minimum absolute atomic E-state index is 0. The zero-order valence-electron chi connectivity index (χ0n) is 80.3. The summed E-state index contributed by atoms with van der Waals surface area (Å²) in [5.74, 6) is 5.28. The molecule has 9 aromatic heterocycles. The molecule has 0 aliphatic heterocycles. The highest BCUT2D eigenvalue weighted by Gasteiger charge is 2.26. The van der Waals surface area contributed by atoms with E-state index in [1.54, 1.807) is 19.1 Å². The van der Waals surface area contributed by atoms with E-state index in [1.807, 2.05) is 98.7 Å². The maximum absolute atomic E-state index is 9.70. The van der Waals surface area contributed by atoms with E-state index in [9.17, 15) is 81.7 Å². The SMILES string of the molecule is C.CC(C)Cc1noc2c(Cl)c(O)c(O)cc12.CC(C)Cc1noc2cc(O)c(O)c(Cl)c12.CC(C)Cc1noc2cc(O)c(O)cc12.CC(C)c1nc2c(Cl)c(O)c(O)cc2[nH]1.CC(C)c1nc2c(Cl)c(O)c(O)cc2[nH]1.CC(C)c1nc2c(Cl)c(O)c(O)cc2n1C.CC(C)c1nc2cc(O)c(O)cc2[nH]1.Cc1c(O)cc2nc(C(C)C)n(C)c2c1Cl.Cc1cc2c(cc1O)nc(C(C)C)n2C. The third kappa shape index (κ3) is 24.4. The standard InChI is InChI=1S/C12H15ClN2O.C12H16N2O.C11H13ClN2O2.2C11H12ClNO3.C11H13NO3.2C10H11ClN2O2.C10H12N2O2.CH4/c1-6(2)12-14-8-5-9(16)7(3)10(13)11(8)15(12)4;1-7(2)12-13-9-6-11(15)8(3)5-10(9)14(12)4;1-5(2)11-13-9-6(14(11)3)4-7(15)10(16)8(9)12;1-5(2)3-7-6-4-8(14)10(15)9(12)11(6)16-13-7;1-5(2)3-6-9-8(16-13-6)4-7(14)11(15)10(9)12;1-6(2)3-8-7-4-9(13)10(14)5-11(7)15-12-8;2*1-4(2)10-12-5-3-6(14)9(15)7(11)8(5)13-10;1-5(2)10-11-6-3-8(13)9(14)4-7(6)12-10;/h5-6,16H,1-4H3;5-7,15H,1-4H3;4-5,15-16H,1-3H3;2*4-5,14-15H,3H2,1-2H3;4-6,13-14H,3H2,1-2H3;2*3-4,14-15H,1-2H3,(H,12,13);3-5,13-14H,1-2H3,(H,11,12);1H4. The lowest BCUT2D eigenvalue weighted by Gasteiger charge is -2.07. The van der Waals surface area contributed by atoms with Crippen molar-refractivity contribution in [1.29, 1.82) is 0 Å². The Hall–Kier alpha value is -13.3. The second kappa shape index (κ2) is 45.1. The van der Waals surface area contributed by atoms with Crippen molar-refractivity contribution in [2.24, 2.45) is 38.9 Å². The molecule has 0 atom stereocenters. The van der Waals surface area contributed by atoms with Gasteiger partial charge in [-0.3, -0.25) is 0 Å². The van der Waals surface area contributed by atoms with Crippen LogP contribution in [0.4, 0.5) is 0 Å². The second-order valence-electron chi connectivity index (χ2n) is 36.3. The molecule has 19 N–H and O–H groups in total. The molecular formula is C99H119Cl6N15O19. The number of benzene rings is 9. The number of aromatic nitrogens is 15. The van der Waals surface area contributed by atoms with Crippen molar-refractivity contribution in [2.45, 2.75) is 201 Å². The first kappa shape index (κ1) is 109. The van der Waals surface area contributed by atoms with Crippen molar-refractivity contribution in [1.82, 2.24) is 74.0 Å². The summed E-state index contributed by atoms with van der Waals surface area (Å²) < 4.78 is 21.1. The Labute approximate surface area is 830 Å². The van der Waals surface area contributed by atoms with Crippen LogP contribution in [0.3, 0.4) is 0 Å². The van der Waals surface area contributed by atoms with E-state index < -0.39 is 0 Å². The van der Waals surface area contributed by atoms with Gasteiger partial charge in [-0.2, -0.15) is 0 Å². The first-order chi connectivity index (χ1) is 64.5. The van der Waals surface area contributed by atoms with Gasteiger partial charge in [0.2, 0.25) is 0 Å². The van der Waals surface area contributed by atoms with Gasteiger partial charge in [0.25, 0.3) is 0 Å². The Bertz CT molecular complexity index is 7310. The van der Waals surface area contributed by atoms with Crippen molar-refractivity contribution in [2.75, 3.05) is 0 Å². The first-order valence-corrected chi connectivity index (χ1v) is 46.3. The van der Waals surface area contributed by atoms with Gasteiger partial charge in [-0.05, 0) is 74.6 Å². The Morgan fingerprint density at radius 2 is 0.676 bits per heavy atom. The smallest absolute Gasteiger partial charge is 0.189 e. The molecule has 40 heteroatoms. The number of hydrogen-bond acceptors (Lipinski definition) is 28. The molecule has 0 aliphatic rings. The lowest BCUT2D eigenvalue weighted by molar-refractivity contribution is 0.401. The maximum atomic E-state index is 9.70. The number of aryl methyl sites for hydroxylation is 4. The number of aromatic amines is 3. The van der Waals surface area contributed by atoms with Crippen molar-refractivity contribution in [3.63, 3.8) is 0 Å². The van der Waals surface area contributed by atoms with Crippen LogP contribution in [0, 0.1) is 31.6 Å². The largest absolute Gasteiger partial charge is 0.508 e. The monoisotopic (exact) mass is 2030 g/mol. The zero-order valence-corrected chi connectivity index (χ0v) is 84.8. The highest BCUT2D eigenvalue weighted by atomic mass is 35.5. The molecule has 0 aliphatic carbocycles. The summed E-state index contributed by atoms with van der Waals surface area (Å²) >= 11 is 35.7. The van der Waals surface area contributed by atoms with E-state index in [0.29, 0.717) is 130 Å². The van der Waals surface area contributed by atoms with Gasteiger partial charge in [0, 0.05) is 122 Å². The molecule has 18 aromatic rings. The summed E-state index contributed by atoms with van der Waals surface area (Å²) in [7, 11) is 5.83. The summed E-state index contributed by atoms with van der Waals surface area (Å²) in [6.45, 7) is 40.6. The van der Waals surface area contributed by atoms with Gasteiger partial charge < -0.3 is 124 Å². The zero-order chi connectivity index (χ0) is 103. The lowest BCUT2D eigenvalue weighted by Crippen LogP contribution is -1.99. The molecule has 0 unspecified atom stereocenters. The van der Waals surface area contributed by atoms with Crippen LogP contribution < -0.4 is 0 Å². The Morgan fingerprint density at radius 1 is 0.309 bits per heavy atom. The van der Waals surface area contributed by atoms with Crippen LogP contribution in [0.2, 0.25) is 30.1 Å². The van der Waals surface area contributed by atoms with Crippen LogP contribution in [-0.2, 0) is 40.4 Å². The molecule has 0 bridgehead atoms. The number of halogens is 6. The minimum atomic E-state index is -0.374. The third-order valence-corrected chi connectivity index (χ3v) is 24.0. The molecular weight excluding hydrogens is 1920 g/mol. The van der Waals surface area contributed by atoms with Gasteiger partial charge in [-0.1, -0.05) is 217 Å². The molecule has 0 saturated carbocycles. The highest BCUT2D eigenvalue weighted by molar-refractivity contribution is 6.39. The van der Waals surface area contributed by atoms with Crippen LogP contribution in [0.25, 0.3) is 99.1 Å². The predicted molar refractivity (Wildman–Crippen MR) is 546 cm³/mol. The molecule has 0 radical (unpaired) electrons. The van der Waals surface area contributed by atoms with Crippen LogP contribution in [0.1, 0.15) is 231 Å². The maximum Gasteiger partial charge on any atom is 0.189 e. The van der Waals surface area contributed by atoms with Gasteiger partial charge in [0.05, 0.1) is 87.5 Å². The van der Waals surface area contributed by atoms with E-state index in [0.717, 1.165) is 97.7 Å². The molecule has 0 saturated heterocycles. The first-order valence-electron chi connectivity index (χ1n) is 44.0. The topological polar surface area (TPSA) is 541 Å². The van der Waals surface area contributed by atoms with Crippen molar-refractivity contribution < 1.29 is 95.3 Å². The number of phenols is 16. The van der Waals surface area contributed by atoms with E-state index in [2.05, 4.69) is 134 Å². The second-order valence-corrected chi connectivity index (χ2v) is 38.6. The number of H-pyrrole nitrogens is 3. The van der Waals surface area contributed by atoms with Gasteiger partial charge in [0.1, 0.15) is 83.1 Å². The molecule has 34 nitrogen and oxygen atoms in total. The van der Waals surface area contributed by atoms with Crippen LogP contribution in [0.15, 0.2) is 86.4 Å². The molecule has 0 amide bonds. The Balaban J connectivity index is 0.000000175. The molecule has 9 aromatic carbocycles. The van der Waals surface area contributed by atoms with Crippen molar-refractivity contribution >= 4 is 169 Å². The number of nitrogens with zero attached hydrogens (tertiary/aromatic N) is 12. The molecule has 746 valence electrons. The number of imidazole rings is 6. The van der Waals surface area contributed by atoms with Gasteiger partial charge in [-0.25, -0.2) is 29.9 Å². The number of nitrogens with one attached hydrogen (secondary N) is 3. The average Bonchev–Trinajstić information content (AvgIpc) is 1.61. The summed E-state index contributed by atoms with van der Waals surface area (Å²) in [4.78, 5) is 35.3. The fourth-order valence-electron chi connectivity index (χ4n) is 14.5. The number of aromatic hydroxyl groups is 16. The Kier molecular flexibility index (Phi) is 35.5. The quantitative estimate of drug-likeness (QED) is 0.0505. The number of fused-ring (bicyclic) bond motifs is 9.